The van der Waals surface area contributed by atoms with Crippen LogP contribution in [0.25, 0.3) is 6.08 Å². The predicted molar refractivity (Wildman–Crippen MR) is 89.7 cm³/mol. The van der Waals surface area contributed by atoms with E-state index < -0.39 is 0 Å². The van der Waals surface area contributed by atoms with Gasteiger partial charge in [-0.25, -0.2) is 0 Å². The first kappa shape index (κ1) is 17.9. The minimum Gasteiger partial charge on any atom is -0.353 e. The summed E-state index contributed by atoms with van der Waals surface area (Å²) >= 11 is 0. The number of carbonyl (C=O) groups is 2. The number of rotatable bonds is 7. The quantitative estimate of drug-likeness (QED) is 0.613. The van der Waals surface area contributed by atoms with E-state index in [9.17, 15) is 9.59 Å². The van der Waals surface area contributed by atoms with Crippen LogP contribution in [0, 0.1) is 0 Å². The number of nitrogens with one attached hydrogen (secondary N) is 1. The molecule has 1 aromatic carbocycles. The number of hydrogen-bond acceptors (Lipinski definition) is 3. The fourth-order valence-corrected chi connectivity index (χ4v) is 1.83. The first-order valence-electron chi connectivity index (χ1n) is 7.32. The molecule has 22 heavy (non-hydrogen) atoms. The van der Waals surface area contributed by atoms with Crippen molar-refractivity contribution in [3.8, 4) is 0 Å². The van der Waals surface area contributed by atoms with Crippen LogP contribution in [0.2, 0.25) is 0 Å². The van der Waals surface area contributed by atoms with Gasteiger partial charge >= 0.3 is 0 Å². The third kappa shape index (κ3) is 6.54. The van der Waals surface area contributed by atoms with Crippen LogP contribution in [0.5, 0.6) is 0 Å². The summed E-state index contributed by atoms with van der Waals surface area (Å²) in [5, 5.41) is 2.84. The van der Waals surface area contributed by atoms with Crippen molar-refractivity contribution >= 4 is 17.9 Å². The third-order valence-corrected chi connectivity index (χ3v) is 3.07. The second kappa shape index (κ2) is 9.00. The first-order chi connectivity index (χ1) is 10.4. The van der Waals surface area contributed by atoms with E-state index in [4.69, 9.17) is 0 Å². The van der Waals surface area contributed by atoms with Crippen molar-refractivity contribution in [2.24, 2.45) is 0 Å². The fourth-order valence-electron chi connectivity index (χ4n) is 1.83. The maximum Gasteiger partial charge on any atom is 0.253 e. The van der Waals surface area contributed by atoms with Gasteiger partial charge in [-0.2, -0.15) is 0 Å². The molecule has 0 aliphatic carbocycles. The van der Waals surface area contributed by atoms with Gasteiger partial charge < -0.3 is 15.1 Å². The lowest BCUT2D eigenvalue weighted by Crippen LogP contribution is -2.25. The number of benzene rings is 1. The van der Waals surface area contributed by atoms with E-state index in [0.29, 0.717) is 12.1 Å². The summed E-state index contributed by atoms with van der Waals surface area (Å²) in [6.07, 6.45) is 4.18. The Morgan fingerprint density at radius 3 is 2.27 bits per heavy atom. The molecule has 0 saturated heterocycles. The Bertz CT molecular complexity index is 519. The minimum absolute atomic E-state index is 0.0332. The topological polar surface area (TPSA) is 52.7 Å². The second-order valence-electron chi connectivity index (χ2n) is 5.60. The molecule has 0 unspecified atom stereocenters. The maximum atomic E-state index is 11.8. The molecule has 1 N–H and O–H groups in total. The third-order valence-electron chi connectivity index (χ3n) is 3.07. The molecule has 0 aliphatic heterocycles. The van der Waals surface area contributed by atoms with Gasteiger partial charge in [0.1, 0.15) is 0 Å². The molecule has 0 fully saturated rings. The van der Waals surface area contributed by atoms with E-state index >= 15 is 0 Å². The Kier molecular flexibility index (Phi) is 7.32. The number of hydrogen-bond donors (Lipinski definition) is 1. The average molecular weight is 303 g/mol. The van der Waals surface area contributed by atoms with Crippen molar-refractivity contribution in [2.45, 2.75) is 6.42 Å². The molecule has 0 saturated carbocycles. The molecule has 2 amide bonds. The number of carbonyl (C=O) groups excluding carboxylic acids is 2. The van der Waals surface area contributed by atoms with Gasteiger partial charge in [0.2, 0.25) is 5.91 Å². The van der Waals surface area contributed by atoms with Gasteiger partial charge in [-0.05, 0) is 50.8 Å². The van der Waals surface area contributed by atoms with Crippen molar-refractivity contribution < 1.29 is 9.59 Å². The van der Waals surface area contributed by atoms with Crippen LogP contribution in [0.15, 0.2) is 30.3 Å². The van der Waals surface area contributed by atoms with Crippen molar-refractivity contribution in [3.05, 3.63) is 41.5 Å². The minimum atomic E-state index is -0.104. The van der Waals surface area contributed by atoms with Gasteiger partial charge in [0, 0.05) is 32.3 Å². The zero-order valence-electron chi connectivity index (χ0n) is 13.8. The van der Waals surface area contributed by atoms with Crippen LogP contribution in [0.4, 0.5) is 0 Å². The number of nitrogens with zero attached hydrogens (tertiary/aromatic N) is 2. The Hall–Kier alpha value is -2.14. The van der Waals surface area contributed by atoms with Gasteiger partial charge in [0.05, 0.1) is 0 Å². The molecule has 0 aliphatic rings. The molecule has 0 bridgehead atoms. The SMILES string of the molecule is CN(C)CCCNC(=O)/C=C/c1ccc(C(=O)N(C)C)cc1. The molecule has 5 heteroatoms. The molecular formula is C17H25N3O2. The highest BCUT2D eigenvalue weighted by molar-refractivity contribution is 5.94. The number of amides is 2. The predicted octanol–water partition coefficient (Wildman–Crippen LogP) is 1.47. The Morgan fingerprint density at radius 1 is 1.09 bits per heavy atom. The average Bonchev–Trinajstić information content (AvgIpc) is 2.49. The Labute approximate surface area is 132 Å². The van der Waals surface area contributed by atoms with Gasteiger partial charge in [0.25, 0.3) is 5.91 Å². The van der Waals surface area contributed by atoms with E-state index in [-0.39, 0.29) is 11.8 Å². The maximum absolute atomic E-state index is 11.8. The van der Waals surface area contributed by atoms with Gasteiger partial charge in [-0.15, -0.1) is 0 Å². The van der Waals surface area contributed by atoms with E-state index in [1.165, 1.54) is 11.0 Å². The molecule has 0 atom stereocenters. The first-order valence-corrected chi connectivity index (χ1v) is 7.32. The largest absolute Gasteiger partial charge is 0.353 e. The smallest absolute Gasteiger partial charge is 0.253 e. The lowest BCUT2D eigenvalue weighted by Gasteiger charge is -2.10. The molecule has 0 heterocycles. The Morgan fingerprint density at radius 2 is 1.73 bits per heavy atom. The van der Waals surface area contributed by atoms with Crippen LogP contribution in [0.1, 0.15) is 22.3 Å². The highest BCUT2D eigenvalue weighted by Gasteiger charge is 2.06. The van der Waals surface area contributed by atoms with Gasteiger partial charge in [0.15, 0.2) is 0 Å². The second-order valence-corrected chi connectivity index (χ2v) is 5.60. The van der Waals surface area contributed by atoms with Gasteiger partial charge in [-0.1, -0.05) is 12.1 Å². The molecule has 120 valence electrons. The van der Waals surface area contributed by atoms with E-state index in [2.05, 4.69) is 10.2 Å². The lowest BCUT2D eigenvalue weighted by atomic mass is 10.1. The Balaban J connectivity index is 2.46. The summed E-state index contributed by atoms with van der Waals surface area (Å²) < 4.78 is 0. The molecule has 0 aromatic heterocycles. The summed E-state index contributed by atoms with van der Waals surface area (Å²) in [6, 6.07) is 7.17. The van der Waals surface area contributed by atoms with E-state index in [1.807, 2.05) is 26.2 Å². The van der Waals surface area contributed by atoms with Crippen LogP contribution in [-0.4, -0.2) is 62.9 Å². The van der Waals surface area contributed by atoms with Crippen LogP contribution < -0.4 is 5.32 Å². The zero-order valence-corrected chi connectivity index (χ0v) is 13.8. The van der Waals surface area contributed by atoms with Gasteiger partial charge in [-0.3, -0.25) is 9.59 Å². The summed E-state index contributed by atoms with van der Waals surface area (Å²) in [7, 11) is 7.45. The lowest BCUT2D eigenvalue weighted by molar-refractivity contribution is -0.116. The molecule has 0 spiro atoms. The van der Waals surface area contributed by atoms with Crippen LogP contribution in [0.3, 0.4) is 0 Å². The van der Waals surface area contributed by atoms with Crippen molar-refractivity contribution in [3.63, 3.8) is 0 Å². The zero-order chi connectivity index (χ0) is 16.5. The highest BCUT2D eigenvalue weighted by Crippen LogP contribution is 2.07. The molecular weight excluding hydrogens is 278 g/mol. The van der Waals surface area contributed by atoms with Crippen LogP contribution >= 0.6 is 0 Å². The normalized spacial score (nSPS) is 11.0. The molecule has 0 radical (unpaired) electrons. The van der Waals surface area contributed by atoms with E-state index in [1.54, 1.807) is 32.3 Å². The van der Waals surface area contributed by atoms with Crippen molar-refractivity contribution in [2.75, 3.05) is 41.3 Å². The molecule has 1 rings (SSSR count). The van der Waals surface area contributed by atoms with Crippen molar-refractivity contribution in [1.82, 2.24) is 15.1 Å². The monoisotopic (exact) mass is 303 g/mol. The summed E-state index contributed by atoms with van der Waals surface area (Å²) in [5.74, 6) is -0.138. The molecule has 1 aromatic rings. The molecule has 5 nitrogen and oxygen atoms in total. The van der Waals surface area contributed by atoms with Crippen LogP contribution in [-0.2, 0) is 4.79 Å². The fraction of sp³-hybridized carbons (Fsp3) is 0.412. The highest BCUT2D eigenvalue weighted by atomic mass is 16.2. The van der Waals surface area contributed by atoms with E-state index in [0.717, 1.165) is 18.5 Å². The summed E-state index contributed by atoms with van der Waals surface area (Å²) in [5.41, 5.74) is 1.52. The standard InChI is InChI=1S/C17H25N3O2/c1-19(2)13-5-12-18-16(21)11-8-14-6-9-15(10-7-14)17(22)20(3)4/h6-11H,5,12-13H2,1-4H3,(H,18,21)/b11-8+. The van der Waals surface area contributed by atoms with Crippen molar-refractivity contribution in [1.29, 1.82) is 0 Å². The summed E-state index contributed by atoms with van der Waals surface area (Å²) in [4.78, 5) is 27.0. The summed E-state index contributed by atoms with van der Waals surface area (Å²) in [6.45, 7) is 1.61.